The van der Waals surface area contributed by atoms with Crippen LogP contribution in [-0.4, -0.2) is 69.7 Å². The molecule has 0 aliphatic carbocycles. The van der Waals surface area contributed by atoms with Crippen LogP contribution in [0.5, 0.6) is 0 Å². The molecule has 0 atom stereocenters. The second kappa shape index (κ2) is 10.4. The van der Waals surface area contributed by atoms with Gasteiger partial charge in [-0.05, 0) is 75.0 Å². The van der Waals surface area contributed by atoms with Crippen molar-refractivity contribution in [2.75, 3.05) is 32.7 Å². The zero-order chi connectivity index (χ0) is 23.3. The van der Waals surface area contributed by atoms with Gasteiger partial charge in [-0.2, -0.15) is 5.10 Å². The van der Waals surface area contributed by atoms with E-state index < -0.39 is 0 Å². The zero-order valence-corrected chi connectivity index (χ0v) is 19.8. The zero-order valence-electron chi connectivity index (χ0n) is 19.8. The summed E-state index contributed by atoms with van der Waals surface area (Å²) in [7, 11) is 0. The van der Waals surface area contributed by atoms with Crippen LogP contribution in [-0.2, 0) is 6.54 Å². The Morgan fingerprint density at radius 1 is 1.09 bits per heavy atom. The Hall–Kier alpha value is -3.21. The first-order valence-corrected chi connectivity index (χ1v) is 12.3. The number of rotatable bonds is 6. The lowest BCUT2D eigenvalue weighted by Gasteiger charge is -2.30. The second-order valence-electron chi connectivity index (χ2n) is 9.35. The van der Waals surface area contributed by atoms with Gasteiger partial charge in [-0.25, -0.2) is 0 Å². The monoisotopic (exact) mass is 456 g/mol. The lowest BCUT2D eigenvalue weighted by atomic mass is 10.0. The molecule has 2 saturated heterocycles. The van der Waals surface area contributed by atoms with Crippen molar-refractivity contribution in [1.82, 2.24) is 30.3 Å². The fourth-order valence-electron chi connectivity index (χ4n) is 4.98. The fourth-order valence-corrected chi connectivity index (χ4v) is 4.98. The van der Waals surface area contributed by atoms with E-state index in [9.17, 15) is 4.79 Å². The molecule has 4 heterocycles. The molecular weight excluding hydrogens is 424 g/mol. The first-order chi connectivity index (χ1) is 16.7. The number of piperidine rings is 1. The second-order valence-corrected chi connectivity index (χ2v) is 9.35. The highest BCUT2D eigenvalue weighted by Gasteiger charge is 2.23. The molecular formula is C27H32N6O. The first-order valence-electron chi connectivity index (χ1n) is 12.3. The maximum atomic E-state index is 13.1. The van der Waals surface area contributed by atoms with Crippen molar-refractivity contribution < 1.29 is 4.79 Å². The third-order valence-corrected chi connectivity index (χ3v) is 6.91. The number of fused-ring (bicyclic) bond motifs is 1. The molecule has 2 aliphatic heterocycles. The SMILES string of the molecule is CC#CCN1CCC(NC(=O)c2n[nH]c3ccc(-c4cncc(CN5CCCC5)c4)cc23)CC1. The third kappa shape index (κ3) is 5.14. The minimum atomic E-state index is -0.115. The quantitative estimate of drug-likeness (QED) is 0.556. The van der Waals surface area contributed by atoms with Crippen LogP contribution in [0.2, 0.25) is 0 Å². The smallest absolute Gasteiger partial charge is 0.272 e. The van der Waals surface area contributed by atoms with E-state index in [0.717, 1.165) is 74.1 Å². The van der Waals surface area contributed by atoms with Crippen LogP contribution in [0.4, 0.5) is 0 Å². The Bertz CT molecular complexity index is 1210. The number of nitrogens with one attached hydrogen (secondary N) is 2. The number of hydrogen-bond acceptors (Lipinski definition) is 5. The van der Waals surface area contributed by atoms with E-state index >= 15 is 0 Å². The first kappa shape index (κ1) is 22.6. The summed E-state index contributed by atoms with van der Waals surface area (Å²) in [5.41, 5.74) is 4.65. The molecule has 1 amide bonds. The van der Waals surface area contributed by atoms with Crippen LogP contribution in [0.1, 0.15) is 48.7 Å². The molecule has 0 radical (unpaired) electrons. The normalized spacial score (nSPS) is 17.6. The molecule has 2 fully saturated rings. The molecule has 176 valence electrons. The fraction of sp³-hybridized carbons (Fsp3) is 0.444. The van der Waals surface area contributed by atoms with Crippen molar-refractivity contribution in [3.63, 3.8) is 0 Å². The molecule has 2 aromatic heterocycles. The number of nitrogens with zero attached hydrogens (tertiary/aromatic N) is 4. The highest BCUT2D eigenvalue weighted by atomic mass is 16.2. The number of aromatic nitrogens is 3. The lowest BCUT2D eigenvalue weighted by molar-refractivity contribution is 0.0911. The molecule has 0 unspecified atom stereocenters. The van der Waals surface area contributed by atoms with Gasteiger partial charge in [-0.15, -0.1) is 5.92 Å². The van der Waals surface area contributed by atoms with Gasteiger partial charge in [0, 0.05) is 49.0 Å². The molecule has 0 spiro atoms. The van der Waals surface area contributed by atoms with Crippen LogP contribution in [0, 0.1) is 11.8 Å². The summed E-state index contributed by atoms with van der Waals surface area (Å²) in [4.78, 5) is 22.4. The van der Waals surface area contributed by atoms with E-state index in [1.807, 2.05) is 25.4 Å². The number of pyridine rings is 1. The van der Waals surface area contributed by atoms with Crippen LogP contribution >= 0.6 is 0 Å². The number of carbonyl (C=O) groups is 1. The number of aromatic amines is 1. The van der Waals surface area contributed by atoms with Gasteiger partial charge < -0.3 is 5.32 Å². The summed E-state index contributed by atoms with van der Waals surface area (Å²) in [6, 6.07) is 8.49. The Kier molecular flexibility index (Phi) is 6.89. The minimum Gasteiger partial charge on any atom is -0.348 e. The summed E-state index contributed by atoms with van der Waals surface area (Å²) in [6.45, 7) is 7.83. The number of hydrogen-bond donors (Lipinski definition) is 2. The topological polar surface area (TPSA) is 77.1 Å². The lowest BCUT2D eigenvalue weighted by Crippen LogP contribution is -2.44. The third-order valence-electron chi connectivity index (χ3n) is 6.91. The van der Waals surface area contributed by atoms with Crippen molar-refractivity contribution in [3.05, 3.63) is 47.9 Å². The van der Waals surface area contributed by atoms with Gasteiger partial charge in [0.1, 0.15) is 0 Å². The number of likely N-dealkylation sites (tertiary alicyclic amines) is 2. The van der Waals surface area contributed by atoms with Gasteiger partial charge >= 0.3 is 0 Å². The molecule has 3 aromatic rings. The summed E-state index contributed by atoms with van der Waals surface area (Å²) in [6.07, 6.45) is 8.27. The standard InChI is InChI=1S/C27H32N6O/c1-2-3-10-32-13-8-23(9-14-32)29-27(34)26-24-16-21(6-7-25(24)30-31-26)22-15-20(17-28-18-22)19-33-11-4-5-12-33/h6-7,15-18,23H,4-5,8-14,19H2,1H3,(H,29,34)(H,30,31). The van der Waals surface area contributed by atoms with Crippen molar-refractivity contribution in [3.8, 4) is 23.0 Å². The van der Waals surface area contributed by atoms with Gasteiger partial charge in [0.2, 0.25) is 0 Å². The Balaban J connectivity index is 1.29. The summed E-state index contributed by atoms with van der Waals surface area (Å²) in [5, 5.41) is 11.4. The molecule has 7 heteroatoms. The maximum Gasteiger partial charge on any atom is 0.272 e. The summed E-state index contributed by atoms with van der Waals surface area (Å²) >= 11 is 0. The van der Waals surface area contributed by atoms with E-state index in [1.54, 1.807) is 0 Å². The van der Waals surface area contributed by atoms with Crippen molar-refractivity contribution in [1.29, 1.82) is 0 Å². The molecule has 2 N–H and O–H groups in total. The number of carbonyl (C=O) groups excluding carboxylic acids is 1. The van der Waals surface area contributed by atoms with Gasteiger partial charge in [0.25, 0.3) is 5.91 Å². The molecule has 0 saturated carbocycles. The van der Waals surface area contributed by atoms with E-state index in [1.165, 1.54) is 18.4 Å². The van der Waals surface area contributed by atoms with E-state index in [4.69, 9.17) is 0 Å². The van der Waals surface area contributed by atoms with E-state index in [0.29, 0.717) is 5.69 Å². The average Bonchev–Trinajstić information content (AvgIpc) is 3.53. The highest BCUT2D eigenvalue weighted by molar-refractivity contribution is 6.05. The summed E-state index contributed by atoms with van der Waals surface area (Å²) < 4.78 is 0. The minimum absolute atomic E-state index is 0.115. The van der Waals surface area contributed by atoms with E-state index in [2.05, 4.69) is 60.3 Å². The van der Waals surface area contributed by atoms with Gasteiger partial charge in [-0.3, -0.25) is 24.7 Å². The van der Waals surface area contributed by atoms with Crippen LogP contribution in [0.25, 0.3) is 22.0 Å². The van der Waals surface area contributed by atoms with Crippen LogP contribution in [0.3, 0.4) is 0 Å². The molecule has 34 heavy (non-hydrogen) atoms. The van der Waals surface area contributed by atoms with Crippen LogP contribution < -0.4 is 5.32 Å². The predicted octanol–water partition coefficient (Wildman–Crippen LogP) is 3.44. The number of H-pyrrole nitrogens is 1. The van der Waals surface area contributed by atoms with Gasteiger partial charge in [0.15, 0.2) is 5.69 Å². The van der Waals surface area contributed by atoms with Gasteiger partial charge in [-0.1, -0.05) is 12.0 Å². The molecule has 1 aromatic carbocycles. The highest BCUT2D eigenvalue weighted by Crippen LogP contribution is 2.26. The molecule has 0 bridgehead atoms. The largest absolute Gasteiger partial charge is 0.348 e. The Labute approximate surface area is 200 Å². The maximum absolute atomic E-state index is 13.1. The van der Waals surface area contributed by atoms with E-state index in [-0.39, 0.29) is 11.9 Å². The number of amides is 1. The van der Waals surface area contributed by atoms with Crippen LogP contribution in [0.15, 0.2) is 36.7 Å². The van der Waals surface area contributed by atoms with Gasteiger partial charge in [0.05, 0.1) is 12.1 Å². The molecule has 7 nitrogen and oxygen atoms in total. The summed E-state index contributed by atoms with van der Waals surface area (Å²) in [5.74, 6) is 5.96. The predicted molar refractivity (Wildman–Crippen MR) is 134 cm³/mol. The number of benzene rings is 1. The van der Waals surface area contributed by atoms with Crippen molar-refractivity contribution in [2.45, 2.75) is 45.2 Å². The van der Waals surface area contributed by atoms with Crippen molar-refractivity contribution in [2.24, 2.45) is 0 Å². The molecule has 2 aliphatic rings. The average molecular weight is 457 g/mol. The Morgan fingerprint density at radius 2 is 1.91 bits per heavy atom. The molecule has 5 rings (SSSR count). The van der Waals surface area contributed by atoms with Crippen molar-refractivity contribution >= 4 is 16.8 Å². The Morgan fingerprint density at radius 3 is 2.71 bits per heavy atom.